The van der Waals surface area contributed by atoms with Crippen molar-refractivity contribution in [1.29, 1.82) is 0 Å². The van der Waals surface area contributed by atoms with E-state index < -0.39 is 30.3 Å². The summed E-state index contributed by atoms with van der Waals surface area (Å²) in [6.45, 7) is -0.343. The first-order valence-corrected chi connectivity index (χ1v) is 13.5. The minimum atomic E-state index is -4.58. The number of hydrogen-bond donors (Lipinski definition) is 1. The van der Waals surface area contributed by atoms with Crippen LogP contribution in [0.1, 0.15) is 23.2 Å². The molecule has 3 amide bonds. The number of alkyl halides is 3. The van der Waals surface area contributed by atoms with Gasteiger partial charge < -0.3 is 24.3 Å². The van der Waals surface area contributed by atoms with Crippen molar-refractivity contribution in [3.8, 4) is 0 Å². The van der Waals surface area contributed by atoms with Crippen LogP contribution in [0.4, 0.5) is 18.9 Å². The van der Waals surface area contributed by atoms with Crippen LogP contribution in [0, 0.1) is 0 Å². The number of carbonyl (C=O) groups excluding carboxylic acids is 3. The number of anilines is 1. The van der Waals surface area contributed by atoms with E-state index in [9.17, 15) is 27.6 Å². The van der Waals surface area contributed by atoms with Gasteiger partial charge in [0.1, 0.15) is 12.1 Å². The summed E-state index contributed by atoms with van der Waals surface area (Å²) >= 11 is 0. The quantitative estimate of drug-likeness (QED) is 0.518. The van der Waals surface area contributed by atoms with Gasteiger partial charge in [0, 0.05) is 36.3 Å². The molecule has 1 spiro atoms. The number of ether oxygens (including phenoxy) is 1. The number of piperidine rings is 1. The van der Waals surface area contributed by atoms with Gasteiger partial charge in [0.15, 0.2) is 6.10 Å². The summed E-state index contributed by atoms with van der Waals surface area (Å²) in [6.07, 6.45) is -4.27. The predicted molar refractivity (Wildman–Crippen MR) is 142 cm³/mol. The molecule has 41 heavy (non-hydrogen) atoms. The van der Waals surface area contributed by atoms with Crippen molar-refractivity contribution in [3.63, 3.8) is 0 Å². The Labute approximate surface area is 233 Å². The summed E-state index contributed by atoms with van der Waals surface area (Å²) in [4.78, 5) is 46.6. The number of benzene rings is 2. The van der Waals surface area contributed by atoms with E-state index in [1.165, 1.54) is 4.90 Å². The van der Waals surface area contributed by atoms with Crippen LogP contribution in [0.2, 0.25) is 0 Å². The number of carbonyl (C=O) groups is 3. The number of para-hydroxylation sites is 1. The molecule has 10 nitrogen and oxygen atoms in total. The number of hydrogen-bond acceptors (Lipinski definition) is 6. The maximum atomic E-state index is 14.0. The van der Waals surface area contributed by atoms with Crippen molar-refractivity contribution in [1.82, 2.24) is 24.9 Å². The van der Waals surface area contributed by atoms with Crippen molar-refractivity contribution < 1.29 is 32.3 Å². The Hall–Kier alpha value is -4.13. The molecule has 3 fully saturated rings. The lowest BCUT2D eigenvalue weighted by Crippen LogP contribution is -2.57. The highest BCUT2D eigenvalue weighted by atomic mass is 19.4. The van der Waals surface area contributed by atoms with Crippen molar-refractivity contribution in [3.05, 3.63) is 60.3 Å². The SMILES string of the molecule is O=C(CN1CN(c2ccccc2)C2(CCN(C(=O)c3ccc4[nH]ncc4c3)CC2)C1=O)N1CCOC(C(F)(F)F)C1. The zero-order valence-electron chi connectivity index (χ0n) is 22.1. The van der Waals surface area contributed by atoms with Gasteiger partial charge >= 0.3 is 6.18 Å². The molecule has 3 aliphatic heterocycles. The van der Waals surface area contributed by atoms with E-state index in [4.69, 9.17) is 4.74 Å². The molecule has 1 aromatic heterocycles. The van der Waals surface area contributed by atoms with Gasteiger partial charge in [0.2, 0.25) is 5.91 Å². The van der Waals surface area contributed by atoms with E-state index in [0.29, 0.717) is 31.5 Å². The molecule has 216 valence electrons. The summed E-state index contributed by atoms with van der Waals surface area (Å²) in [7, 11) is 0. The van der Waals surface area contributed by atoms with Crippen LogP contribution in [0.25, 0.3) is 10.9 Å². The molecule has 1 atom stereocenters. The highest BCUT2D eigenvalue weighted by Gasteiger charge is 2.55. The molecule has 3 saturated heterocycles. The molecular weight excluding hydrogens is 541 g/mol. The molecule has 0 saturated carbocycles. The van der Waals surface area contributed by atoms with E-state index >= 15 is 0 Å². The van der Waals surface area contributed by atoms with Gasteiger partial charge in [-0.2, -0.15) is 18.3 Å². The monoisotopic (exact) mass is 570 g/mol. The van der Waals surface area contributed by atoms with Gasteiger partial charge in [-0.1, -0.05) is 18.2 Å². The van der Waals surface area contributed by atoms with Crippen LogP contribution in [-0.2, 0) is 14.3 Å². The number of aromatic amines is 1. The average Bonchev–Trinajstić information content (AvgIpc) is 3.56. The maximum Gasteiger partial charge on any atom is 0.416 e. The summed E-state index contributed by atoms with van der Waals surface area (Å²) in [5.41, 5.74) is 1.17. The molecule has 6 rings (SSSR count). The van der Waals surface area contributed by atoms with Crippen LogP contribution >= 0.6 is 0 Å². The minimum Gasteiger partial charge on any atom is -0.365 e. The van der Waals surface area contributed by atoms with E-state index in [-0.39, 0.29) is 38.2 Å². The fraction of sp³-hybridized carbons (Fsp3) is 0.429. The molecule has 3 aromatic rings. The second-order valence-corrected chi connectivity index (χ2v) is 10.6. The Balaban J connectivity index is 1.19. The topological polar surface area (TPSA) is 102 Å². The molecule has 4 heterocycles. The average molecular weight is 571 g/mol. The molecule has 1 unspecified atom stereocenters. The largest absolute Gasteiger partial charge is 0.416 e. The van der Waals surface area contributed by atoms with Crippen LogP contribution < -0.4 is 4.90 Å². The normalized spacial score (nSPS) is 21.2. The first-order valence-electron chi connectivity index (χ1n) is 13.5. The third kappa shape index (κ3) is 4.98. The lowest BCUT2D eigenvalue weighted by atomic mass is 9.85. The lowest BCUT2D eigenvalue weighted by molar-refractivity contribution is -0.236. The van der Waals surface area contributed by atoms with E-state index in [2.05, 4.69) is 10.2 Å². The predicted octanol–water partition coefficient (Wildman–Crippen LogP) is 2.63. The van der Waals surface area contributed by atoms with Crippen LogP contribution in [0.15, 0.2) is 54.7 Å². The number of rotatable bonds is 4. The molecule has 0 radical (unpaired) electrons. The fourth-order valence-electron chi connectivity index (χ4n) is 6.00. The van der Waals surface area contributed by atoms with Crippen molar-refractivity contribution in [2.24, 2.45) is 0 Å². The Bertz CT molecular complexity index is 1450. The van der Waals surface area contributed by atoms with Crippen LogP contribution in [0.5, 0.6) is 0 Å². The number of halogens is 3. The number of H-pyrrole nitrogens is 1. The number of fused-ring (bicyclic) bond motifs is 1. The smallest absolute Gasteiger partial charge is 0.365 e. The Morgan fingerprint density at radius 3 is 2.54 bits per heavy atom. The number of morpholine rings is 1. The summed E-state index contributed by atoms with van der Waals surface area (Å²) in [5.74, 6) is -0.955. The number of nitrogens with zero attached hydrogens (tertiary/aromatic N) is 5. The van der Waals surface area contributed by atoms with Gasteiger partial charge in [-0.3, -0.25) is 19.5 Å². The second-order valence-electron chi connectivity index (χ2n) is 10.6. The lowest BCUT2D eigenvalue weighted by Gasteiger charge is -2.43. The van der Waals surface area contributed by atoms with Crippen molar-refractivity contribution in [2.45, 2.75) is 30.7 Å². The first kappa shape index (κ1) is 27.1. The number of amides is 3. The fourth-order valence-corrected chi connectivity index (χ4v) is 6.00. The Kier molecular flexibility index (Phi) is 6.84. The van der Waals surface area contributed by atoms with Crippen molar-refractivity contribution >= 4 is 34.3 Å². The zero-order chi connectivity index (χ0) is 28.8. The highest BCUT2D eigenvalue weighted by Crippen LogP contribution is 2.40. The standard InChI is InChI=1S/C28H29F3N6O4/c29-28(30,31)23-16-35(12-13-41-23)24(38)17-36-18-37(21-4-2-1-3-5-21)27(26(36)40)8-10-34(11-9-27)25(39)19-6-7-22-20(14-19)15-32-33-22/h1-7,14-15,23H,8-13,16-18H2,(H,32,33). The summed E-state index contributed by atoms with van der Waals surface area (Å²) < 4.78 is 44.4. The molecule has 1 N–H and O–H groups in total. The zero-order valence-corrected chi connectivity index (χ0v) is 22.1. The van der Waals surface area contributed by atoms with Gasteiger partial charge in [-0.05, 0) is 43.2 Å². The Morgan fingerprint density at radius 1 is 1.05 bits per heavy atom. The van der Waals surface area contributed by atoms with Gasteiger partial charge in [0.25, 0.3) is 11.8 Å². The maximum absolute atomic E-state index is 14.0. The molecule has 0 bridgehead atoms. The number of likely N-dealkylation sites (tertiary alicyclic amines) is 1. The number of nitrogens with one attached hydrogen (secondary N) is 1. The van der Waals surface area contributed by atoms with Gasteiger partial charge in [-0.15, -0.1) is 0 Å². The third-order valence-corrected chi connectivity index (χ3v) is 8.26. The first-order chi connectivity index (χ1) is 19.7. The summed E-state index contributed by atoms with van der Waals surface area (Å²) in [5, 5.41) is 7.69. The molecular formula is C28H29F3N6O4. The van der Waals surface area contributed by atoms with Crippen molar-refractivity contribution in [2.75, 3.05) is 50.9 Å². The molecule has 3 aliphatic rings. The Morgan fingerprint density at radius 2 is 1.80 bits per heavy atom. The third-order valence-electron chi connectivity index (χ3n) is 8.26. The second kappa shape index (κ2) is 10.4. The molecule has 13 heteroatoms. The van der Waals surface area contributed by atoms with Gasteiger partial charge in [-0.25, -0.2) is 0 Å². The minimum absolute atomic E-state index is 0.0304. The van der Waals surface area contributed by atoms with E-state index in [1.54, 1.807) is 29.3 Å². The van der Waals surface area contributed by atoms with Crippen LogP contribution in [0.3, 0.4) is 0 Å². The van der Waals surface area contributed by atoms with E-state index in [1.807, 2.05) is 35.2 Å². The molecule has 0 aliphatic carbocycles. The van der Waals surface area contributed by atoms with Crippen LogP contribution in [-0.4, -0.2) is 106 Å². The summed E-state index contributed by atoms with van der Waals surface area (Å²) in [6, 6.07) is 14.7. The molecule has 2 aromatic carbocycles. The highest BCUT2D eigenvalue weighted by molar-refractivity contribution is 5.99. The van der Waals surface area contributed by atoms with E-state index in [0.717, 1.165) is 21.5 Å². The number of aromatic nitrogens is 2. The van der Waals surface area contributed by atoms with Gasteiger partial charge in [0.05, 0.1) is 31.5 Å².